The van der Waals surface area contributed by atoms with Gasteiger partial charge in [0.2, 0.25) is 0 Å². The van der Waals surface area contributed by atoms with E-state index in [1.54, 1.807) is 0 Å². The van der Waals surface area contributed by atoms with Gasteiger partial charge in [-0.2, -0.15) is 0 Å². The molecule has 0 bridgehead atoms. The van der Waals surface area contributed by atoms with E-state index in [0.29, 0.717) is 0 Å². The quantitative estimate of drug-likeness (QED) is 0.364. The van der Waals surface area contributed by atoms with Gasteiger partial charge in [-0.05, 0) is 0 Å². The molecule has 0 spiro atoms. The van der Waals surface area contributed by atoms with Crippen molar-refractivity contribution in [3.05, 3.63) is 0 Å². The fourth-order valence-electron chi connectivity index (χ4n) is 0. The molecule has 0 saturated heterocycles. The van der Waals surface area contributed by atoms with Gasteiger partial charge in [0.25, 0.3) is 0 Å². The maximum atomic E-state index is 8.44. The summed E-state index contributed by atoms with van der Waals surface area (Å²) in [6, 6.07) is 0. The average Bonchev–Trinajstić information content (AvgIpc) is 1.25. The van der Waals surface area contributed by atoms with Gasteiger partial charge in [0, 0.05) is 22.4 Å². The first kappa shape index (κ1) is 16.5. The van der Waals surface area contributed by atoms with Crippen LogP contribution in [0.5, 0.6) is 0 Å². The average molecular weight is 357 g/mol. The molecule has 0 unspecified atom stereocenters. The Morgan fingerprint density at radius 3 is 0.778 bits per heavy atom. The van der Waals surface area contributed by atoms with Crippen molar-refractivity contribution in [2.24, 2.45) is 0 Å². The fraction of sp³-hybridized carbons (Fsp3) is 0. The first-order valence-corrected chi connectivity index (χ1v) is 3.00. The van der Waals surface area contributed by atoms with Crippen LogP contribution in [-0.4, -0.2) is 26.6 Å². The van der Waals surface area contributed by atoms with Gasteiger partial charge < -0.3 is 18.2 Å². The Hall–Kier alpha value is 0.880. The van der Waals surface area contributed by atoms with Gasteiger partial charge in [-0.1, -0.05) is 0 Å². The summed E-state index contributed by atoms with van der Waals surface area (Å²) in [6.45, 7) is 0. The molecular weight excluding hydrogens is 357 g/mol. The molecule has 0 heterocycles. The van der Waals surface area contributed by atoms with Crippen molar-refractivity contribution in [3.8, 4) is 0 Å². The van der Waals surface area contributed by atoms with Gasteiger partial charge in [0.1, 0.15) is 0 Å². The molecule has 0 aromatic heterocycles. The molecule has 9 heavy (non-hydrogen) atoms. The topological polar surface area (TPSA) is 126 Å². The Balaban J connectivity index is -0.0000000720. The van der Waals surface area contributed by atoms with E-state index in [9.17, 15) is 0 Å². The van der Waals surface area contributed by atoms with E-state index in [2.05, 4.69) is 0 Å². The third-order valence-electron chi connectivity index (χ3n) is 0. The van der Waals surface area contributed by atoms with E-state index in [-0.39, 0.29) is 22.4 Å². The monoisotopic (exact) mass is 357 g/mol. The van der Waals surface area contributed by atoms with Crippen LogP contribution in [0.15, 0.2) is 0 Å². The maximum Gasteiger partial charge on any atom is 0 e. The first-order chi connectivity index (χ1) is 3.46. The molecule has 6 nitrogen and oxygen atoms in total. The summed E-state index contributed by atoms with van der Waals surface area (Å²) in [4.78, 5) is 0. The van der Waals surface area contributed by atoms with Crippen LogP contribution in [0.3, 0.4) is 0 Å². The number of hydrogen-bond acceptors (Lipinski definition) is 6. The molecule has 0 aliphatic heterocycles. The Morgan fingerprint density at radius 1 is 0.778 bits per heavy atom. The van der Waals surface area contributed by atoms with Gasteiger partial charge in [0.15, 0.2) is 0 Å². The minimum atomic E-state index is -3.11. The van der Waals surface area contributed by atoms with Crippen molar-refractivity contribution in [1.29, 1.82) is 0 Å². The summed E-state index contributed by atoms with van der Waals surface area (Å²) in [5.74, 6) is 0. The summed E-state index contributed by atoms with van der Waals surface area (Å²) >= 11 is -6.22. The SMILES string of the molecule is O=S([O-])[O-].O=S([O-])[O-].[Au]. The molecule has 1 radical (unpaired) electrons. The van der Waals surface area contributed by atoms with Crippen molar-refractivity contribution in [3.63, 3.8) is 0 Å². The zero-order valence-corrected chi connectivity index (χ0v) is 7.37. The Morgan fingerprint density at radius 2 is 0.778 bits per heavy atom. The Labute approximate surface area is 71.8 Å². The van der Waals surface area contributed by atoms with Crippen molar-refractivity contribution in [1.82, 2.24) is 0 Å². The van der Waals surface area contributed by atoms with E-state index in [0.717, 1.165) is 0 Å². The summed E-state index contributed by atoms with van der Waals surface area (Å²) in [5.41, 5.74) is 0. The predicted octanol–water partition coefficient (Wildman–Crippen LogP) is -2.01. The molecule has 9 heteroatoms. The molecule has 0 amide bonds. The van der Waals surface area contributed by atoms with Crippen molar-refractivity contribution in [2.75, 3.05) is 0 Å². The Bertz CT molecular complexity index is 69.1. The predicted molar refractivity (Wildman–Crippen MR) is 19.4 cm³/mol. The molecule has 0 N–H and O–H groups in total. The second-order valence-corrected chi connectivity index (χ2v) is 1.22. The number of rotatable bonds is 0. The molecular formula is AuO6S2-4. The smallest absolute Gasteiger partial charge is 0 e. The van der Waals surface area contributed by atoms with Crippen molar-refractivity contribution < 1.29 is 49.0 Å². The van der Waals surface area contributed by atoms with Crippen LogP contribution in [-0.2, 0) is 45.1 Å². The molecule has 0 rings (SSSR count). The summed E-state index contributed by atoms with van der Waals surface area (Å²) in [5, 5.41) is 0. The minimum absolute atomic E-state index is 0. The molecule has 0 aliphatic rings. The van der Waals surface area contributed by atoms with E-state index < -0.39 is 22.7 Å². The largest absolute Gasteiger partial charge is 0.784 e. The second-order valence-electron chi connectivity index (χ2n) is 0.408. The van der Waals surface area contributed by atoms with Crippen molar-refractivity contribution in [2.45, 2.75) is 0 Å². The third kappa shape index (κ3) is 543. The van der Waals surface area contributed by atoms with Crippen LogP contribution >= 0.6 is 0 Å². The molecule has 0 aromatic carbocycles. The van der Waals surface area contributed by atoms with E-state index in [1.807, 2.05) is 0 Å². The summed E-state index contributed by atoms with van der Waals surface area (Å²) < 4.78 is 50.7. The second kappa shape index (κ2) is 11.6. The van der Waals surface area contributed by atoms with Crippen LogP contribution in [0.25, 0.3) is 0 Å². The van der Waals surface area contributed by atoms with Crippen LogP contribution in [0.2, 0.25) is 0 Å². The van der Waals surface area contributed by atoms with Gasteiger partial charge in [-0.25, -0.2) is 0 Å². The first-order valence-electron chi connectivity index (χ1n) is 1.00. The normalized spacial score (nSPS) is 7.78. The summed E-state index contributed by atoms with van der Waals surface area (Å²) in [7, 11) is 0. The molecule has 63 valence electrons. The van der Waals surface area contributed by atoms with Gasteiger partial charge in [-0.3, -0.25) is 8.42 Å². The number of hydrogen-bond donors (Lipinski definition) is 0. The standard InChI is InChI=1S/Au.2H2O3S/c;2*1-4(2)3/h;2*(H2,1,2,3)/p-4. The van der Waals surface area contributed by atoms with Gasteiger partial charge in [-0.15, -0.1) is 22.7 Å². The Kier molecular flexibility index (Phi) is 21.3. The molecule has 0 aromatic rings. The molecule has 0 saturated carbocycles. The van der Waals surface area contributed by atoms with Crippen LogP contribution in [0, 0.1) is 0 Å². The molecule has 0 atom stereocenters. The third-order valence-corrected chi connectivity index (χ3v) is 0. The minimum Gasteiger partial charge on any atom is -0.784 e. The van der Waals surface area contributed by atoms with Gasteiger partial charge >= 0.3 is 0 Å². The zero-order chi connectivity index (χ0) is 7.15. The van der Waals surface area contributed by atoms with Crippen molar-refractivity contribution >= 4 is 22.7 Å². The zero-order valence-electron chi connectivity index (χ0n) is 3.57. The van der Waals surface area contributed by atoms with E-state index in [1.165, 1.54) is 0 Å². The maximum absolute atomic E-state index is 8.44. The van der Waals surface area contributed by atoms with Crippen LogP contribution < -0.4 is 0 Å². The van der Waals surface area contributed by atoms with Gasteiger partial charge in [0.05, 0.1) is 0 Å². The summed E-state index contributed by atoms with van der Waals surface area (Å²) in [6.07, 6.45) is 0. The van der Waals surface area contributed by atoms with E-state index >= 15 is 0 Å². The van der Waals surface area contributed by atoms with Crippen LogP contribution in [0.1, 0.15) is 0 Å². The van der Waals surface area contributed by atoms with Crippen LogP contribution in [0.4, 0.5) is 0 Å². The van der Waals surface area contributed by atoms with E-state index in [4.69, 9.17) is 26.6 Å². The molecule has 0 aliphatic carbocycles. The molecule has 0 fully saturated rings. The fourth-order valence-corrected chi connectivity index (χ4v) is 0.